The molecule has 0 aromatic carbocycles. The SMILES string of the molecule is CC1(C)CCC[C@@]2(C)C1CCC1CC3CC12CC[C@]3(O)CO. The van der Waals surface area contributed by atoms with Gasteiger partial charge in [-0.1, -0.05) is 27.2 Å². The fourth-order valence-corrected chi connectivity index (χ4v) is 8.00. The van der Waals surface area contributed by atoms with Crippen molar-refractivity contribution in [3.8, 4) is 0 Å². The summed E-state index contributed by atoms with van der Waals surface area (Å²) in [5.74, 6) is 1.99. The minimum atomic E-state index is -0.779. The first kappa shape index (κ1) is 15.4. The van der Waals surface area contributed by atoms with E-state index in [1.165, 1.54) is 44.9 Å². The average molecular weight is 306 g/mol. The topological polar surface area (TPSA) is 40.5 Å². The van der Waals surface area contributed by atoms with E-state index in [2.05, 4.69) is 20.8 Å². The van der Waals surface area contributed by atoms with Crippen LogP contribution in [0.4, 0.5) is 0 Å². The minimum Gasteiger partial charge on any atom is -0.393 e. The summed E-state index contributed by atoms with van der Waals surface area (Å²) < 4.78 is 0. The first-order valence-corrected chi connectivity index (χ1v) is 9.61. The number of hydrogen-bond acceptors (Lipinski definition) is 2. The van der Waals surface area contributed by atoms with Gasteiger partial charge in [0.2, 0.25) is 0 Å². The maximum atomic E-state index is 10.8. The molecule has 4 unspecified atom stereocenters. The molecule has 0 saturated heterocycles. The van der Waals surface area contributed by atoms with Crippen LogP contribution in [0.15, 0.2) is 0 Å². The molecule has 2 N–H and O–H groups in total. The van der Waals surface area contributed by atoms with Gasteiger partial charge in [-0.05, 0) is 85.4 Å². The van der Waals surface area contributed by atoms with E-state index in [1.54, 1.807) is 0 Å². The molecule has 0 radical (unpaired) electrons. The molecule has 0 aliphatic heterocycles. The fraction of sp³-hybridized carbons (Fsp3) is 1.00. The maximum Gasteiger partial charge on any atom is 0.0905 e. The monoisotopic (exact) mass is 306 g/mol. The van der Waals surface area contributed by atoms with Crippen molar-refractivity contribution in [3.63, 3.8) is 0 Å². The van der Waals surface area contributed by atoms with Gasteiger partial charge in [0, 0.05) is 0 Å². The van der Waals surface area contributed by atoms with Crippen molar-refractivity contribution in [2.45, 2.75) is 84.2 Å². The predicted molar refractivity (Wildman–Crippen MR) is 88.4 cm³/mol. The van der Waals surface area contributed by atoms with Crippen LogP contribution in [-0.2, 0) is 0 Å². The van der Waals surface area contributed by atoms with Gasteiger partial charge in [-0.25, -0.2) is 0 Å². The maximum absolute atomic E-state index is 10.8. The van der Waals surface area contributed by atoms with Gasteiger partial charge in [0.1, 0.15) is 0 Å². The quantitative estimate of drug-likeness (QED) is 0.764. The summed E-state index contributed by atoms with van der Waals surface area (Å²) in [6.45, 7) is 7.58. The Morgan fingerprint density at radius 1 is 0.955 bits per heavy atom. The first-order valence-electron chi connectivity index (χ1n) is 9.61. The molecule has 4 saturated carbocycles. The van der Waals surface area contributed by atoms with Crippen LogP contribution in [0.3, 0.4) is 0 Å². The molecular formula is C20H34O2. The summed E-state index contributed by atoms with van der Waals surface area (Å²) in [6, 6.07) is 0. The molecule has 1 spiro atoms. The lowest BCUT2D eigenvalue weighted by atomic mass is 9.40. The molecule has 2 heteroatoms. The lowest BCUT2D eigenvalue weighted by Gasteiger charge is -2.65. The molecule has 4 rings (SSSR count). The molecule has 2 nitrogen and oxygen atoms in total. The largest absolute Gasteiger partial charge is 0.393 e. The second kappa shape index (κ2) is 4.51. The van der Waals surface area contributed by atoms with Gasteiger partial charge in [0.25, 0.3) is 0 Å². The Morgan fingerprint density at radius 3 is 2.45 bits per heavy atom. The average Bonchev–Trinajstić information content (AvgIpc) is 2.80. The van der Waals surface area contributed by atoms with Crippen LogP contribution in [0.25, 0.3) is 0 Å². The summed E-state index contributed by atoms with van der Waals surface area (Å²) in [6.07, 6.45) is 11.2. The molecule has 4 aliphatic carbocycles. The summed E-state index contributed by atoms with van der Waals surface area (Å²) in [5, 5.41) is 20.6. The highest BCUT2D eigenvalue weighted by atomic mass is 16.3. The molecule has 22 heavy (non-hydrogen) atoms. The lowest BCUT2D eigenvalue weighted by Crippen LogP contribution is -2.58. The normalized spacial score (nSPS) is 56.3. The van der Waals surface area contributed by atoms with Crippen molar-refractivity contribution in [3.05, 3.63) is 0 Å². The van der Waals surface area contributed by atoms with Crippen molar-refractivity contribution in [1.82, 2.24) is 0 Å². The Kier molecular flexibility index (Phi) is 3.16. The lowest BCUT2D eigenvalue weighted by molar-refractivity contribution is -0.177. The highest BCUT2D eigenvalue weighted by molar-refractivity contribution is 5.18. The summed E-state index contributed by atoms with van der Waals surface area (Å²) in [5.41, 5.74) is 0.622. The van der Waals surface area contributed by atoms with Crippen LogP contribution in [0, 0.1) is 34.0 Å². The zero-order chi connectivity index (χ0) is 15.8. The zero-order valence-electron chi connectivity index (χ0n) is 14.7. The Morgan fingerprint density at radius 2 is 1.73 bits per heavy atom. The number of fused-ring (bicyclic) bond motifs is 2. The molecule has 0 heterocycles. The van der Waals surface area contributed by atoms with E-state index in [0.29, 0.717) is 22.2 Å². The highest BCUT2D eigenvalue weighted by Gasteiger charge is 2.68. The van der Waals surface area contributed by atoms with Crippen molar-refractivity contribution in [2.24, 2.45) is 34.0 Å². The van der Waals surface area contributed by atoms with Gasteiger partial charge in [-0.15, -0.1) is 0 Å². The van der Waals surface area contributed by atoms with Gasteiger partial charge in [0.05, 0.1) is 12.2 Å². The number of hydrogen-bond donors (Lipinski definition) is 2. The Labute approximate surface area is 135 Å². The van der Waals surface area contributed by atoms with Crippen LogP contribution in [0.2, 0.25) is 0 Å². The first-order chi connectivity index (χ1) is 10.3. The minimum absolute atomic E-state index is 0.0356. The summed E-state index contributed by atoms with van der Waals surface area (Å²) in [7, 11) is 0. The van der Waals surface area contributed by atoms with E-state index in [-0.39, 0.29) is 6.61 Å². The van der Waals surface area contributed by atoms with E-state index >= 15 is 0 Å². The molecule has 4 fully saturated rings. The summed E-state index contributed by atoms with van der Waals surface area (Å²) >= 11 is 0. The molecule has 0 aromatic heterocycles. The van der Waals surface area contributed by atoms with Crippen LogP contribution in [0.1, 0.15) is 78.6 Å². The predicted octanol–water partition coefficient (Wildman–Crippen LogP) is 4.14. The van der Waals surface area contributed by atoms with E-state index in [9.17, 15) is 10.2 Å². The Hall–Kier alpha value is -0.0800. The van der Waals surface area contributed by atoms with E-state index in [0.717, 1.165) is 24.7 Å². The fourth-order valence-electron chi connectivity index (χ4n) is 8.00. The standard InChI is InChI=1S/C20H34O2/c1-17(2)7-4-8-18(3)16(17)6-5-14-11-15-12-19(14,18)9-10-20(15,22)13-21/h14-16,21-22H,4-13H2,1-3H3/t14?,15?,16?,18-,19?,20-/m0/s1. The summed E-state index contributed by atoms with van der Waals surface area (Å²) in [4.78, 5) is 0. The molecule has 4 aliphatic rings. The highest BCUT2D eigenvalue weighted by Crippen LogP contribution is 2.75. The number of aliphatic hydroxyl groups is 2. The molecule has 2 bridgehead atoms. The third-order valence-corrected chi connectivity index (χ3v) is 9.17. The van der Waals surface area contributed by atoms with E-state index in [1.807, 2.05) is 0 Å². The molecule has 6 atom stereocenters. The second-order valence-corrected chi connectivity index (χ2v) is 10.1. The van der Waals surface area contributed by atoms with Crippen LogP contribution in [-0.4, -0.2) is 22.4 Å². The number of aliphatic hydroxyl groups excluding tert-OH is 1. The van der Waals surface area contributed by atoms with Gasteiger partial charge in [0.15, 0.2) is 0 Å². The molecular weight excluding hydrogens is 272 g/mol. The van der Waals surface area contributed by atoms with Crippen molar-refractivity contribution in [2.75, 3.05) is 6.61 Å². The second-order valence-electron chi connectivity index (χ2n) is 10.1. The van der Waals surface area contributed by atoms with Gasteiger partial charge >= 0.3 is 0 Å². The third kappa shape index (κ3) is 1.69. The van der Waals surface area contributed by atoms with Crippen molar-refractivity contribution >= 4 is 0 Å². The number of rotatable bonds is 1. The Balaban J connectivity index is 1.74. The van der Waals surface area contributed by atoms with Crippen LogP contribution in [0.5, 0.6) is 0 Å². The van der Waals surface area contributed by atoms with Crippen molar-refractivity contribution < 1.29 is 10.2 Å². The van der Waals surface area contributed by atoms with Crippen LogP contribution >= 0.6 is 0 Å². The van der Waals surface area contributed by atoms with Gasteiger partial charge in [-0.3, -0.25) is 0 Å². The third-order valence-electron chi connectivity index (χ3n) is 9.17. The molecule has 0 aromatic rings. The molecule has 126 valence electrons. The van der Waals surface area contributed by atoms with E-state index < -0.39 is 5.60 Å². The smallest absolute Gasteiger partial charge is 0.0905 e. The Bertz CT molecular complexity index is 472. The van der Waals surface area contributed by atoms with Gasteiger partial charge < -0.3 is 10.2 Å². The van der Waals surface area contributed by atoms with Gasteiger partial charge in [-0.2, -0.15) is 0 Å². The van der Waals surface area contributed by atoms with Crippen LogP contribution < -0.4 is 0 Å². The zero-order valence-corrected chi connectivity index (χ0v) is 14.7. The molecule has 0 amide bonds. The van der Waals surface area contributed by atoms with E-state index in [4.69, 9.17) is 0 Å². The van der Waals surface area contributed by atoms with Crippen molar-refractivity contribution in [1.29, 1.82) is 0 Å².